The van der Waals surface area contributed by atoms with Gasteiger partial charge in [0.15, 0.2) is 17.3 Å². The number of piperidine rings is 1. The lowest BCUT2D eigenvalue weighted by atomic mass is 9.87. The largest absolute Gasteiger partial charge is 0.451 e. The summed E-state index contributed by atoms with van der Waals surface area (Å²) in [6.07, 6.45) is 2.74. The summed E-state index contributed by atoms with van der Waals surface area (Å²) in [6.45, 7) is 8.40. The molecule has 1 aromatic heterocycles. The highest BCUT2D eigenvalue weighted by Crippen LogP contribution is 2.41. The monoisotopic (exact) mass is 671 g/mol. The highest BCUT2D eigenvalue weighted by atomic mass is 32.2. The van der Waals surface area contributed by atoms with E-state index in [2.05, 4.69) is 9.71 Å². The molecule has 47 heavy (non-hydrogen) atoms. The topological polar surface area (TPSA) is 182 Å². The van der Waals surface area contributed by atoms with Crippen molar-refractivity contribution in [3.05, 3.63) is 52.3 Å². The second kappa shape index (κ2) is 12.6. The third-order valence-electron chi connectivity index (χ3n) is 8.39. The molecule has 3 N–H and O–H groups in total. The quantitative estimate of drug-likeness (QED) is 0.347. The standard InChI is InChI=1S/C31H38FN7O7S/c1-6-37(5)47(42,43)36-22-8-7-21(32)27(20(22)16-33)45-24-10-9-23-25(26(24)34)28(40)39(18-35-23)19-15-31(44-17-19)11-13-38(14-12-31)29(41)46-30(2,3)4/h7-10,18-19,36H,6,11-15,17,34H2,1-5H3/t19-/m1/s1. The Morgan fingerprint density at radius 3 is 2.62 bits per heavy atom. The molecule has 0 unspecified atom stereocenters. The molecule has 1 atom stereocenters. The number of amides is 1. The van der Waals surface area contributed by atoms with Crippen LogP contribution in [0.5, 0.6) is 11.5 Å². The number of hydrogen-bond donors (Lipinski definition) is 2. The van der Waals surface area contributed by atoms with Crippen molar-refractivity contribution in [2.75, 3.05) is 43.7 Å². The Bertz CT molecular complexity index is 1910. The zero-order chi connectivity index (χ0) is 34.3. The molecule has 1 spiro atoms. The number of anilines is 2. The van der Waals surface area contributed by atoms with Crippen LogP contribution in [-0.4, -0.2) is 77.8 Å². The van der Waals surface area contributed by atoms with Crippen molar-refractivity contribution in [1.29, 1.82) is 5.26 Å². The number of nitrogens with zero attached hydrogens (tertiary/aromatic N) is 5. The second-order valence-electron chi connectivity index (χ2n) is 12.7. The number of likely N-dealkylation sites (tertiary alicyclic amines) is 1. The highest BCUT2D eigenvalue weighted by molar-refractivity contribution is 7.90. The van der Waals surface area contributed by atoms with Gasteiger partial charge in [-0.3, -0.25) is 14.1 Å². The zero-order valence-corrected chi connectivity index (χ0v) is 27.7. The Hall–Kier alpha value is -4.46. The van der Waals surface area contributed by atoms with E-state index in [1.165, 1.54) is 30.1 Å². The molecule has 14 nitrogen and oxygen atoms in total. The minimum atomic E-state index is -4.03. The Morgan fingerprint density at radius 1 is 1.28 bits per heavy atom. The number of carbonyl (C=O) groups is 1. The number of fused-ring (bicyclic) bond motifs is 1. The first-order chi connectivity index (χ1) is 22.1. The molecular weight excluding hydrogens is 633 g/mol. The number of ether oxygens (including phenoxy) is 3. The number of carbonyl (C=O) groups excluding carboxylic acids is 1. The predicted molar refractivity (Wildman–Crippen MR) is 172 cm³/mol. The van der Waals surface area contributed by atoms with Crippen molar-refractivity contribution in [1.82, 2.24) is 18.8 Å². The Kier molecular flexibility index (Phi) is 9.10. The van der Waals surface area contributed by atoms with Gasteiger partial charge in [-0.1, -0.05) is 6.92 Å². The summed E-state index contributed by atoms with van der Waals surface area (Å²) in [7, 11) is -2.69. The summed E-state index contributed by atoms with van der Waals surface area (Å²) in [6, 6.07) is 6.39. The Labute approximate surface area is 272 Å². The second-order valence-corrected chi connectivity index (χ2v) is 14.5. The summed E-state index contributed by atoms with van der Waals surface area (Å²) in [5.74, 6) is -1.63. The molecule has 0 radical (unpaired) electrons. The molecule has 5 rings (SSSR count). The van der Waals surface area contributed by atoms with Crippen molar-refractivity contribution in [3.63, 3.8) is 0 Å². The highest BCUT2D eigenvalue weighted by Gasteiger charge is 2.45. The maximum atomic E-state index is 15.0. The van der Waals surface area contributed by atoms with Crippen LogP contribution in [0.15, 0.2) is 35.4 Å². The number of nitrogens with two attached hydrogens (primary N) is 1. The maximum Gasteiger partial charge on any atom is 0.410 e. The summed E-state index contributed by atoms with van der Waals surface area (Å²) in [4.78, 5) is 32.4. The maximum absolute atomic E-state index is 15.0. The number of aromatic nitrogens is 2. The van der Waals surface area contributed by atoms with Crippen molar-refractivity contribution in [2.24, 2.45) is 0 Å². The first kappa shape index (κ1) is 33.9. The third-order valence-corrected chi connectivity index (χ3v) is 9.95. The lowest BCUT2D eigenvalue weighted by molar-refractivity contribution is -0.0486. The van der Waals surface area contributed by atoms with E-state index < -0.39 is 44.1 Å². The van der Waals surface area contributed by atoms with Crippen LogP contribution in [0.2, 0.25) is 0 Å². The van der Waals surface area contributed by atoms with Gasteiger partial charge in [0.1, 0.15) is 17.2 Å². The molecule has 0 saturated carbocycles. The molecule has 2 aliphatic heterocycles. The number of halogens is 1. The van der Waals surface area contributed by atoms with Crippen molar-refractivity contribution in [3.8, 4) is 17.6 Å². The molecule has 3 heterocycles. The Morgan fingerprint density at radius 2 is 1.98 bits per heavy atom. The van der Waals surface area contributed by atoms with E-state index in [9.17, 15) is 23.3 Å². The van der Waals surface area contributed by atoms with E-state index in [1.54, 1.807) is 17.9 Å². The minimum absolute atomic E-state index is 0.0334. The van der Waals surface area contributed by atoms with Gasteiger partial charge in [0, 0.05) is 26.7 Å². The van der Waals surface area contributed by atoms with Gasteiger partial charge in [-0.05, 0) is 64.3 Å². The van der Waals surface area contributed by atoms with Crippen molar-refractivity contribution >= 4 is 38.6 Å². The molecule has 16 heteroatoms. The van der Waals surface area contributed by atoms with Crippen LogP contribution in [0.25, 0.3) is 10.9 Å². The van der Waals surface area contributed by atoms with E-state index in [0.29, 0.717) is 32.4 Å². The zero-order valence-electron chi connectivity index (χ0n) is 26.9. The number of hydrogen-bond acceptors (Lipinski definition) is 10. The van der Waals surface area contributed by atoms with E-state index in [0.717, 1.165) is 16.4 Å². The van der Waals surface area contributed by atoms with Crippen LogP contribution in [0.4, 0.5) is 20.6 Å². The smallest absolute Gasteiger partial charge is 0.410 e. The SMILES string of the molecule is CCN(C)S(=O)(=O)Nc1ccc(F)c(Oc2ccc3ncn([C@H]4COC5(CCN(C(=O)OC(C)(C)C)CC5)C4)c(=O)c3c2N)c1C#N. The van der Waals surface area contributed by atoms with Crippen LogP contribution in [-0.2, 0) is 19.7 Å². The van der Waals surface area contributed by atoms with Gasteiger partial charge in [0.25, 0.3) is 5.56 Å². The summed E-state index contributed by atoms with van der Waals surface area (Å²) < 4.78 is 62.5. The number of nitrogens with one attached hydrogen (secondary N) is 1. The average molecular weight is 672 g/mol. The molecule has 3 aromatic rings. The van der Waals surface area contributed by atoms with Crippen LogP contribution >= 0.6 is 0 Å². The van der Waals surface area contributed by atoms with Crippen molar-refractivity contribution in [2.45, 2.75) is 64.2 Å². The van der Waals surface area contributed by atoms with Crippen LogP contribution < -0.4 is 20.8 Å². The first-order valence-electron chi connectivity index (χ1n) is 15.1. The molecule has 2 saturated heterocycles. The fourth-order valence-electron chi connectivity index (χ4n) is 5.70. The average Bonchev–Trinajstić information content (AvgIpc) is 3.41. The van der Waals surface area contributed by atoms with Gasteiger partial charge in [-0.25, -0.2) is 14.2 Å². The fraction of sp³-hybridized carbons (Fsp3) is 0.484. The van der Waals surface area contributed by atoms with E-state index in [1.807, 2.05) is 20.8 Å². The molecule has 2 aromatic carbocycles. The van der Waals surface area contributed by atoms with Gasteiger partial charge < -0.3 is 24.8 Å². The van der Waals surface area contributed by atoms with Gasteiger partial charge in [0.2, 0.25) is 0 Å². The first-order valence-corrected chi connectivity index (χ1v) is 16.6. The lowest BCUT2D eigenvalue weighted by Gasteiger charge is -2.39. The van der Waals surface area contributed by atoms with E-state index >= 15 is 4.39 Å². The predicted octanol–water partition coefficient (Wildman–Crippen LogP) is 4.12. The Balaban J connectivity index is 1.40. The van der Waals surface area contributed by atoms with E-state index in [4.69, 9.17) is 19.9 Å². The number of nitrogen functional groups attached to an aromatic ring is 1. The molecule has 0 aliphatic carbocycles. The molecule has 252 valence electrons. The van der Waals surface area contributed by atoms with Crippen LogP contribution in [0.3, 0.4) is 0 Å². The summed E-state index contributed by atoms with van der Waals surface area (Å²) >= 11 is 0. The van der Waals surface area contributed by atoms with Crippen LogP contribution in [0.1, 0.15) is 58.6 Å². The molecule has 0 bridgehead atoms. The van der Waals surface area contributed by atoms with Gasteiger partial charge >= 0.3 is 16.3 Å². The molecular formula is C31H38FN7O7S. The number of nitriles is 1. The van der Waals surface area contributed by atoms with Crippen LogP contribution in [0, 0.1) is 17.1 Å². The summed E-state index contributed by atoms with van der Waals surface area (Å²) in [5.41, 5.74) is 4.39. The third kappa shape index (κ3) is 6.83. The number of benzene rings is 2. The fourth-order valence-corrected chi connectivity index (χ4v) is 6.64. The lowest BCUT2D eigenvalue weighted by Crippen LogP contribution is -2.48. The minimum Gasteiger partial charge on any atom is -0.451 e. The van der Waals surface area contributed by atoms with Gasteiger partial charge in [-0.2, -0.15) is 18.0 Å². The van der Waals surface area contributed by atoms with Crippen molar-refractivity contribution < 1.29 is 31.8 Å². The molecule has 1 amide bonds. The number of rotatable bonds is 7. The van der Waals surface area contributed by atoms with Gasteiger partial charge in [0.05, 0.1) is 46.9 Å². The van der Waals surface area contributed by atoms with E-state index in [-0.39, 0.29) is 53.3 Å². The molecule has 2 fully saturated rings. The molecule has 2 aliphatic rings. The van der Waals surface area contributed by atoms with Gasteiger partial charge in [-0.15, -0.1) is 0 Å². The normalized spacial score (nSPS) is 18.0. The summed E-state index contributed by atoms with van der Waals surface area (Å²) in [5, 5.41) is 9.88.